The Morgan fingerprint density at radius 2 is 1.76 bits per heavy atom. The third-order valence-corrected chi connectivity index (χ3v) is 4.66. The highest BCUT2D eigenvalue weighted by Gasteiger charge is 2.30. The van der Waals surface area contributed by atoms with E-state index in [1.807, 2.05) is 55.1 Å². The summed E-state index contributed by atoms with van der Waals surface area (Å²) >= 11 is 0. The Labute approximate surface area is 150 Å². The van der Waals surface area contributed by atoms with Crippen LogP contribution in [0.3, 0.4) is 0 Å². The Morgan fingerprint density at radius 3 is 2.40 bits per heavy atom. The first-order chi connectivity index (χ1) is 12.0. The van der Waals surface area contributed by atoms with Crippen LogP contribution in [0.5, 0.6) is 0 Å². The summed E-state index contributed by atoms with van der Waals surface area (Å²) in [7, 11) is 5.39. The molecule has 6 nitrogen and oxygen atoms in total. The summed E-state index contributed by atoms with van der Waals surface area (Å²) in [6, 6.07) is 7.71. The molecule has 1 unspecified atom stereocenters. The number of rotatable bonds is 5. The lowest BCUT2D eigenvalue weighted by atomic mass is 9.99. The fourth-order valence-corrected chi connectivity index (χ4v) is 3.30. The number of amides is 2. The molecule has 1 aliphatic heterocycles. The van der Waals surface area contributed by atoms with E-state index in [2.05, 4.69) is 0 Å². The van der Waals surface area contributed by atoms with Gasteiger partial charge in [0, 0.05) is 33.3 Å². The van der Waals surface area contributed by atoms with Gasteiger partial charge in [-0.3, -0.25) is 14.5 Å². The maximum absolute atomic E-state index is 13.2. The van der Waals surface area contributed by atoms with E-state index in [0.717, 1.165) is 17.5 Å². The minimum absolute atomic E-state index is 0.0140. The van der Waals surface area contributed by atoms with Crippen LogP contribution in [0.4, 0.5) is 0 Å². The van der Waals surface area contributed by atoms with Crippen molar-refractivity contribution in [2.75, 3.05) is 54.0 Å². The molecule has 0 aromatic heterocycles. The molecular weight excluding hydrogens is 318 g/mol. The Kier molecular flexibility index (Phi) is 6.96. The van der Waals surface area contributed by atoms with Gasteiger partial charge in [0.05, 0.1) is 0 Å². The van der Waals surface area contributed by atoms with Crippen LogP contribution in [-0.2, 0) is 14.3 Å². The number of aryl methyl sites for hydroxylation is 1. The second kappa shape index (κ2) is 8.97. The second-order valence-corrected chi connectivity index (χ2v) is 6.72. The number of hydrogen-bond donors (Lipinski definition) is 0. The molecule has 6 heteroatoms. The molecule has 0 N–H and O–H groups in total. The van der Waals surface area contributed by atoms with Gasteiger partial charge in [0.1, 0.15) is 12.6 Å². The zero-order valence-electron chi connectivity index (χ0n) is 15.7. The van der Waals surface area contributed by atoms with Crippen molar-refractivity contribution in [1.29, 1.82) is 0 Å². The lowest BCUT2D eigenvalue weighted by Gasteiger charge is -2.31. The van der Waals surface area contributed by atoms with Crippen molar-refractivity contribution in [1.82, 2.24) is 14.7 Å². The summed E-state index contributed by atoms with van der Waals surface area (Å²) in [6.07, 6.45) is 0.787. The van der Waals surface area contributed by atoms with Crippen molar-refractivity contribution >= 4 is 11.8 Å². The van der Waals surface area contributed by atoms with Crippen LogP contribution < -0.4 is 0 Å². The molecule has 1 heterocycles. The van der Waals surface area contributed by atoms with E-state index in [9.17, 15) is 9.59 Å². The SMILES string of the molecule is COCC(=O)N1CCCN(C(=O)C(c2ccccc2C)N(C)C)CC1. The van der Waals surface area contributed by atoms with Crippen molar-refractivity contribution in [3.05, 3.63) is 35.4 Å². The molecule has 2 amide bonds. The topological polar surface area (TPSA) is 53.1 Å². The van der Waals surface area contributed by atoms with E-state index >= 15 is 0 Å². The molecule has 1 fully saturated rings. The van der Waals surface area contributed by atoms with Gasteiger partial charge in [0.15, 0.2) is 0 Å². The van der Waals surface area contributed by atoms with Gasteiger partial charge in [-0.2, -0.15) is 0 Å². The predicted octanol–water partition coefficient (Wildman–Crippen LogP) is 1.31. The molecule has 1 aromatic rings. The molecule has 0 radical (unpaired) electrons. The highest BCUT2D eigenvalue weighted by Crippen LogP contribution is 2.24. The Bertz CT molecular complexity index is 603. The molecule has 1 atom stereocenters. The summed E-state index contributed by atoms with van der Waals surface area (Å²) in [5, 5.41) is 0. The van der Waals surface area contributed by atoms with Crippen LogP contribution in [0.15, 0.2) is 24.3 Å². The summed E-state index contributed by atoms with van der Waals surface area (Å²) in [5.74, 6) is 0.0835. The zero-order valence-corrected chi connectivity index (χ0v) is 15.7. The predicted molar refractivity (Wildman–Crippen MR) is 97.3 cm³/mol. The van der Waals surface area contributed by atoms with Gasteiger partial charge in [-0.1, -0.05) is 24.3 Å². The Morgan fingerprint density at radius 1 is 1.12 bits per heavy atom. The maximum atomic E-state index is 13.2. The highest BCUT2D eigenvalue weighted by atomic mass is 16.5. The van der Waals surface area contributed by atoms with Crippen LogP contribution in [0.25, 0.3) is 0 Å². The van der Waals surface area contributed by atoms with Gasteiger partial charge in [-0.05, 0) is 38.6 Å². The first-order valence-corrected chi connectivity index (χ1v) is 8.73. The van der Waals surface area contributed by atoms with Crippen molar-refractivity contribution in [2.45, 2.75) is 19.4 Å². The van der Waals surface area contributed by atoms with Crippen LogP contribution in [0.1, 0.15) is 23.6 Å². The van der Waals surface area contributed by atoms with E-state index in [4.69, 9.17) is 4.74 Å². The van der Waals surface area contributed by atoms with Gasteiger partial charge in [-0.15, -0.1) is 0 Å². The molecule has 0 aliphatic carbocycles. The number of hydrogen-bond acceptors (Lipinski definition) is 4. The molecule has 25 heavy (non-hydrogen) atoms. The highest BCUT2D eigenvalue weighted by molar-refractivity contribution is 5.84. The molecule has 0 saturated carbocycles. The Balaban J connectivity index is 2.12. The van der Waals surface area contributed by atoms with Crippen LogP contribution in [0.2, 0.25) is 0 Å². The molecule has 1 saturated heterocycles. The summed E-state index contributed by atoms with van der Waals surface area (Å²) < 4.78 is 4.93. The van der Waals surface area contributed by atoms with Crippen molar-refractivity contribution < 1.29 is 14.3 Å². The van der Waals surface area contributed by atoms with E-state index in [-0.39, 0.29) is 24.5 Å². The van der Waals surface area contributed by atoms with Crippen LogP contribution in [0, 0.1) is 6.92 Å². The van der Waals surface area contributed by atoms with Crippen molar-refractivity contribution in [3.8, 4) is 0 Å². The fraction of sp³-hybridized carbons (Fsp3) is 0.579. The molecular formula is C19H29N3O3. The number of benzene rings is 1. The number of ether oxygens (including phenoxy) is 1. The molecule has 138 valence electrons. The van der Waals surface area contributed by atoms with Crippen molar-refractivity contribution in [2.24, 2.45) is 0 Å². The molecule has 2 rings (SSSR count). The first kappa shape index (κ1) is 19.4. The third kappa shape index (κ3) is 4.80. The summed E-state index contributed by atoms with van der Waals surface area (Å²) in [6.45, 7) is 4.59. The van der Waals surface area contributed by atoms with Crippen LogP contribution >= 0.6 is 0 Å². The maximum Gasteiger partial charge on any atom is 0.248 e. The van der Waals surface area contributed by atoms with Gasteiger partial charge in [0.25, 0.3) is 0 Å². The Hall–Kier alpha value is -1.92. The second-order valence-electron chi connectivity index (χ2n) is 6.72. The number of carbonyl (C=O) groups is 2. The molecule has 1 aliphatic rings. The van der Waals surface area contributed by atoms with Gasteiger partial charge < -0.3 is 14.5 Å². The average Bonchev–Trinajstić information content (AvgIpc) is 2.83. The van der Waals surface area contributed by atoms with Gasteiger partial charge >= 0.3 is 0 Å². The lowest BCUT2D eigenvalue weighted by Crippen LogP contribution is -2.43. The fourth-order valence-electron chi connectivity index (χ4n) is 3.30. The average molecular weight is 347 g/mol. The third-order valence-electron chi connectivity index (χ3n) is 4.66. The molecule has 0 bridgehead atoms. The normalized spacial score (nSPS) is 16.7. The summed E-state index contributed by atoms with van der Waals surface area (Å²) in [4.78, 5) is 30.9. The first-order valence-electron chi connectivity index (χ1n) is 8.73. The standard InChI is InChI=1S/C19H29N3O3/c1-15-8-5-6-9-16(15)18(20(2)3)19(24)22-11-7-10-21(12-13-22)17(23)14-25-4/h5-6,8-9,18H,7,10-14H2,1-4H3. The smallest absolute Gasteiger partial charge is 0.248 e. The largest absolute Gasteiger partial charge is 0.375 e. The van der Waals surface area contributed by atoms with Crippen LogP contribution in [-0.4, -0.2) is 80.5 Å². The number of likely N-dealkylation sites (N-methyl/N-ethyl adjacent to an activating group) is 1. The van der Waals surface area contributed by atoms with Gasteiger partial charge in [-0.25, -0.2) is 0 Å². The monoisotopic (exact) mass is 347 g/mol. The minimum atomic E-state index is -0.303. The summed E-state index contributed by atoms with van der Waals surface area (Å²) in [5.41, 5.74) is 2.15. The van der Waals surface area contributed by atoms with E-state index < -0.39 is 0 Å². The van der Waals surface area contributed by atoms with Crippen molar-refractivity contribution in [3.63, 3.8) is 0 Å². The minimum Gasteiger partial charge on any atom is -0.375 e. The molecule has 1 aromatic carbocycles. The number of nitrogens with zero attached hydrogens (tertiary/aromatic N) is 3. The van der Waals surface area contributed by atoms with E-state index in [0.29, 0.717) is 26.2 Å². The van der Waals surface area contributed by atoms with Gasteiger partial charge in [0.2, 0.25) is 11.8 Å². The number of carbonyl (C=O) groups excluding carboxylic acids is 2. The molecule has 0 spiro atoms. The van der Waals surface area contributed by atoms with E-state index in [1.165, 1.54) is 7.11 Å². The van der Waals surface area contributed by atoms with E-state index in [1.54, 1.807) is 4.90 Å². The number of methoxy groups -OCH3 is 1. The zero-order chi connectivity index (χ0) is 18.4. The quantitative estimate of drug-likeness (QED) is 0.806. The lowest BCUT2D eigenvalue weighted by molar-refractivity contribution is -0.138.